The van der Waals surface area contributed by atoms with Crippen molar-refractivity contribution in [3.05, 3.63) is 29.8 Å². The molecule has 0 bridgehead atoms. The number of amides is 1. The topological polar surface area (TPSA) is 86.3 Å². The molecule has 2 saturated heterocycles. The number of aryl methyl sites for hydroxylation is 1. The molecule has 1 aromatic rings. The first-order valence-electron chi connectivity index (χ1n) is 8.41. The number of rotatable bonds is 3. The minimum Gasteiger partial charge on any atom is -0.462 e. The Kier molecular flexibility index (Phi) is 5.02. The number of hydrogen-bond donors (Lipinski definition) is 2. The highest BCUT2D eigenvalue weighted by atomic mass is 16.8. The van der Waals surface area contributed by atoms with Gasteiger partial charge in [0, 0.05) is 6.92 Å². The Morgan fingerprint density at radius 3 is 2.76 bits per heavy atom. The number of hydrogen-bond acceptors (Lipinski definition) is 6. The largest absolute Gasteiger partial charge is 0.462 e. The van der Waals surface area contributed by atoms with Gasteiger partial charge >= 0.3 is 0 Å². The van der Waals surface area contributed by atoms with Gasteiger partial charge in [-0.25, -0.2) is 0 Å². The van der Waals surface area contributed by atoms with E-state index >= 15 is 0 Å². The Labute approximate surface area is 147 Å². The molecule has 0 aliphatic carbocycles. The number of aliphatic hydroxyl groups is 1. The Bertz CT molecular complexity index is 634. The van der Waals surface area contributed by atoms with Gasteiger partial charge in [0.25, 0.3) is 0 Å². The van der Waals surface area contributed by atoms with E-state index in [1.165, 1.54) is 6.92 Å². The van der Waals surface area contributed by atoms with E-state index in [1.807, 2.05) is 31.2 Å². The Hall–Kier alpha value is -1.67. The molecular weight excluding hydrogens is 326 g/mol. The van der Waals surface area contributed by atoms with Crippen LogP contribution in [-0.2, 0) is 19.0 Å². The van der Waals surface area contributed by atoms with Crippen molar-refractivity contribution in [2.45, 2.75) is 64.1 Å². The van der Waals surface area contributed by atoms with Crippen LogP contribution in [0.3, 0.4) is 0 Å². The molecule has 2 aliphatic heterocycles. The van der Waals surface area contributed by atoms with Crippen LogP contribution in [0.5, 0.6) is 5.75 Å². The van der Waals surface area contributed by atoms with Crippen LogP contribution in [0.25, 0.3) is 0 Å². The fraction of sp³-hybridized carbons (Fsp3) is 0.611. The molecule has 138 valence electrons. The average Bonchev–Trinajstić information content (AvgIpc) is 2.53. The molecule has 7 nitrogen and oxygen atoms in total. The van der Waals surface area contributed by atoms with E-state index in [2.05, 4.69) is 5.32 Å². The third-order valence-corrected chi connectivity index (χ3v) is 4.39. The average molecular weight is 351 g/mol. The Morgan fingerprint density at radius 2 is 2.08 bits per heavy atom. The van der Waals surface area contributed by atoms with Crippen molar-refractivity contribution in [2.75, 3.05) is 6.61 Å². The molecule has 2 heterocycles. The first-order chi connectivity index (χ1) is 11.8. The van der Waals surface area contributed by atoms with Crippen LogP contribution >= 0.6 is 0 Å². The maximum Gasteiger partial charge on any atom is 0.223 e. The predicted octanol–water partition coefficient (Wildman–Crippen LogP) is 1.12. The molecule has 7 heteroatoms. The van der Waals surface area contributed by atoms with E-state index in [1.54, 1.807) is 13.8 Å². The maximum absolute atomic E-state index is 11.6. The number of benzene rings is 1. The van der Waals surface area contributed by atoms with E-state index < -0.39 is 36.4 Å². The van der Waals surface area contributed by atoms with Crippen LogP contribution in [0.15, 0.2) is 24.3 Å². The van der Waals surface area contributed by atoms with Gasteiger partial charge in [0.2, 0.25) is 12.2 Å². The molecule has 25 heavy (non-hydrogen) atoms. The minimum atomic E-state index is -0.986. The number of carbonyl (C=O) groups excluding carboxylic acids is 1. The van der Waals surface area contributed by atoms with E-state index in [4.69, 9.17) is 18.9 Å². The molecule has 5 atom stereocenters. The first kappa shape index (κ1) is 18.1. The summed E-state index contributed by atoms with van der Waals surface area (Å²) in [5.74, 6) is -0.474. The Morgan fingerprint density at radius 1 is 1.36 bits per heavy atom. The molecule has 1 aromatic carbocycles. The lowest BCUT2D eigenvalue weighted by atomic mass is 9.95. The Balaban J connectivity index is 1.83. The highest BCUT2D eigenvalue weighted by Gasteiger charge is 2.52. The van der Waals surface area contributed by atoms with Gasteiger partial charge in [-0.1, -0.05) is 18.2 Å². The van der Waals surface area contributed by atoms with Crippen molar-refractivity contribution in [3.63, 3.8) is 0 Å². The van der Waals surface area contributed by atoms with E-state index in [0.717, 1.165) is 5.56 Å². The number of fused-ring (bicyclic) bond motifs is 1. The molecule has 0 radical (unpaired) electrons. The molecule has 2 aliphatic rings. The first-order valence-corrected chi connectivity index (χ1v) is 8.41. The van der Waals surface area contributed by atoms with Gasteiger partial charge in [0.1, 0.15) is 30.1 Å². The second-order valence-corrected chi connectivity index (χ2v) is 6.94. The molecule has 1 amide bonds. The van der Waals surface area contributed by atoms with Gasteiger partial charge in [0.05, 0.1) is 6.61 Å². The number of para-hydroxylation sites is 1. The molecule has 0 spiro atoms. The number of aliphatic hydroxyl groups excluding tert-OH is 1. The summed E-state index contributed by atoms with van der Waals surface area (Å²) in [6, 6.07) is 6.74. The summed E-state index contributed by atoms with van der Waals surface area (Å²) in [5.41, 5.74) is 0.932. The zero-order valence-electron chi connectivity index (χ0n) is 14.9. The van der Waals surface area contributed by atoms with E-state index in [-0.39, 0.29) is 12.5 Å². The summed E-state index contributed by atoms with van der Waals surface area (Å²) < 4.78 is 23.4. The number of ether oxygens (including phenoxy) is 4. The van der Waals surface area contributed by atoms with Gasteiger partial charge in [-0.2, -0.15) is 0 Å². The molecule has 0 aromatic heterocycles. The fourth-order valence-electron chi connectivity index (χ4n) is 3.15. The molecule has 0 unspecified atom stereocenters. The van der Waals surface area contributed by atoms with Crippen molar-refractivity contribution in [2.24, 2.45) is 0 Å². The SMILES string of the molecule is CC(=O)N[C@@H]1[C@H](Oc2ccccc2C)O[C@H]2COC(C)(C)O[C@@H]2[C@H]1O. The molecule has 2 N–H and O–H groups in total. The third-order valence-electron chi connectivity index (χ3n) is 4.39. The summed E-state index contributed by atoms with van der Waals surface area (Å²) in [4.78, 5) is 11.6. The summed E-state index contributed by atoms with van der Waals surface area (Å²) in [6.45, 7) is 7.13. The van der Waals surface area contributed by atoms with Crippen LogP contribution in [-0.4, -0.2) is 54.1 Å². The highest BCUT2D eigenvalue weighted by Crippen LogP contribution is 2.33. The summed E-state index contributed by atoms with van der Waals surface area (Å²) in [6.07, 6.45) is -2.94. The lowest BCUT2D eigenvalue weighted by Gasteiger charge is -2.49. The van der Waals surface area contributed by atoms with Crippen LogP contribution in [0, 0.1) is 6.92 Å². The number of nitrogens with one attached hydrogen (secondary N) is 1. The van der Waals surface area contributed by atoms with Crippen LogP contribution < -0.4 is 10.1 Å². The summed E-state index contributed by atoms with van der Waals surface area (Å²) >= 11 is 0. The summed E-state index contributed by atoms with van der Waals surface area (Å²) in [5, 5.41) is 13.5. The minimum absolute atomic E-state index is 0.273. The highest BCUT2D eigenvalue weighted by molar-refractivity contribution is 5.73. The normalized spacial score (nSPS) is 34.0. The standard InChI is InChI=1S/C18H25NO6/c1-10-7-5-6-8-12(10)23-17-14(19-11(2)20)15(21)16-13(24-17)9-22-18(3,4)25-16/h5-8,13-17,21H,9H2,1-4H3,(H,19,20)/t13-,14-,15-,16-,17+/m0/s1. The van der Waals surface area contributed by atoms with Crippen molar-refractivity contribution in [1.29, 1.82) is 0 Å². The lowest BCUT2D eigenvalue weighted by molar-refractivity contribution is -0.361. The van der Waals surface area contributed by atoms with Crippen molar-refractivity contribution >= 4 is 5.91 Å². The molecule has 2 fully saturated rings. The van der Waals surface area contributed by atoms with Crippen LogP contribution in [0.2, 0.25) is 0 Å². The summed E-state index contributed by atoms with van der Waals surface area (Å²) in [7, 11) is 0. The smallest absolute Gasteiger partial charge is 0.223 e. The molecule has 3 rings (SSSR count). The van der Waals surface area contributed by atoms with Gasteiger partial charge in [-0.15, -0.1) is 0 Å². The van der Waals surface area contributed by atoms with Crippen molar-refractivity contribution in [3.8, 4) is 5.75 Å². The van der Waals surface area contributed by atoms with Crippen LogP contribution in [0.1, 0.15) is 26.3 Å². The zero-order chi connectivity index (χ0) is 18.2. The quantitative estimate of drug-likeness (QED) is 0.849. The van der Waals surface area contributed by atoms with Gasteiger partial charge in [0.15, 0.2) is 5.79 Å². The lowest BCUT2D eigenvalue weighted by Crippen LogP contribution is -2.69. The van der Waals surface area contributed by atoms with Gasteiger partial charge < -0.3 is 29.4 Å². The maximum atomic E-state index is 11.6. The molecule has 0 saturated carbocycles. The molecular formula is C18H25NO6. The van der Waals surface area contributed by atoms with Gasteiger partial charge in [-0.3, -0.25) is 4.79 Å². The second-order valence-electron chi connectivity index (χ2n) is 6.94. The van der Waals surface area contributed by atoms with E-state index in [9.17, 15) is 9.90 Å². The monoisotopic (exact) mass is 351 g/mol. The zero-order valence-corrected chi connectivity index (χ0v) is 14.9. The van der Waals surface area contributed by atoms with Crippen LogP contribution in [0.4, 0.5) is 0 Å². The van der Waals surface area contributed by atoms with Crippen molar-refractivity contribution < 1.29 is 28.8 Å². The number of carbonyl (C=O) groups is 1. The van der Waals surface area contributed by atoms with Crippen molar-refractivity contribution in [1.82, 2.24) is 5.32 Å². The second kappa shape index (κ2) is 6.92. The fourth-order valence-corrected chi connectivity index (χ4v) is 3.15. The van der Waals surface area contributed by atoms with E-state index in [0.29, 0.717) is 5.75 Å². The third kappa shape index (κ3) is 3.95. The predicted molar refractivity (Wildman–Crippen MR) is 89.0 cm³/mol. The van der Waals surface area contributed by atoms with Gasteiger partial charge in [-0.05, 0) is 32.4 Å².